The highest BCUT2D eigenvalue weighted by atomic mass is 15.2. The molecule has 0 atom stereocenters. The Morgan fingerprint density at radius 3 is 1.40 bits per heavy atom. The zero-order valence-electron chi connectivity index (χ0n) is 49.9. The van der Waals surface area contributed by atoms with Crippen LogP contribution in [-0.4, -0.2) is 42.9 Å². The lowest BCUT2D eigenvalue weighted by molar-refractivity contribution is 0.998. The van der Waals surface area contributed by atoms with Gasteiger partial charge in [0.1, 0.15) is 6.07 Å². The highest BCUT2D eigenvalue weighted by Crippen LogP contribution is 2.51. The van der Waals surface area contributed by atoms with Crippen molar-refractivity contribution in [3.05, 3.63) is 273 Å². The van der Waals surface area contributed by atoms with Gasteiger partial charge in [-0.15, -0.1) is 0 Å². The molecule has 22 rings (SSSR count). The van der Waals surface area contributed by atoms with Crippen LogP contribution in [0.5, 0.6) is 0 Å². The minimum Gasteiger partial charge on any atom is -0.308 e. The Labute approximate surface area is 532 Å². The first-order chi connectivity index (χ1) is 46.6. The topological polar surface area (TPSA) is 107 Å². The van der Waals surface area contributed by atoms with Gasteiger partial charge in [0.2, 0.25) is 5.95 Å². The van der Waals surface area contributed by atoms with Crippen LogP contribution in [0.3, 0.4) is 0 Å². The molecule has 10 heteroatoms. The minimum atomic E-state index is 0.255. The average Bonchev–Trinajstić information content (AvgIpc) is 1.52. The zero-order chi connectivity index (χ0) is 61.2. The predicted octanol–water partition coefficient (Wildman–Crippen LogP) is 20.6. The van der Waals surface area contributed by atoms with E-state index in [1.165, 1.54) is 43.1 Å². The first-order valence-electron chi connectivity index (χ1n) is 31.7. The third-order valence-corrected chi connectivity index (χ3v) is 20.3. The van der Waals surface area contributed by atoms with Crippen molar-refractivity contribution >= 4 is 163 Å². The van der Waals surface area contributed by atoms with Crippen molar-refractivity contribution in [1.29, 1.82) is 5.26 Å². The summed E-state index contributed by atoms with van der Waals surface area (Å²) in [6.45, 7) is 0. The SMILES string of the molecule is N#Cc1nc(-n2c3c4ccccc4ccc3c3cc4c5ccccc5n5c6ccccc6c(c32)c45)nc2ncc(-c3ccc4c(c3)c3cc5c6ccc7ccccc7c6n(-c6ccc(-c7nc8ccccc8nc7-c7ccccc7)cc6)c5c5c6ccccc6n4c35)cc12. The number of hydrogen-bond donors (Lipinski definition) is 0. The first-order valence-corrected chi connectivity index (χ1v) is 31.7. The normalized spacial score (nSPS) is 12.5. The number of fused-ring (bicyclic) bond motifs is 26. The van der Waals surface area contributed by atoms with Crippen molar-refractivity contribution in [2.45, 2.75) is 0 Å². The molecule has 0 fully saturated rings. The van der Waals surface area contributed by atoms with Gasteiger partial charge in [-0.25, -0.2) is 19.9 Å². The van der Waals surface area contributed by atoms with Crippen molar-refractivity contribution in [1.82, 2.24) is 42.9 Å². The predicted molar refractivity (Wildman–Crippen MR) is 384 cm³/mol. The second-order valence-corrected chi connectivity index (χ2v) is 25.0. The Kier molecular flexibility index (Phi) is 9.56. The van der Waals surface area contributed by atoms with E-state index in [4.69, 9.17) is 24.9 Å². The van der Waals surface area contributed by atoms with Crippen molar-refractivity contribution in [3.8, 4) is 51.3 Å². The quantitative estimate of drug-likeness (QED) is 0.170. The van der Waals surface area contributed by atoms with Gasteiger partial charge in [-0.1, -0.05) is 188 Å². The average molecular weight is 1190 g/mol. The molecule has 0 aliphatic rings. The molecule has 0 amide bonds. The summed E-state index contributed by atoms with van der Waals surface area (Å²) >= 11 is 0. The number of nitriles is 1. The summed E-state index contributed by atoms with van der Waals surface area (Å²) in [4.78, 5) is 26.3. The van der Waals surface area contributed by atoms with Crippen molar-refractivity contribution in [2.75, 3.05) is 0 Å². The van der Waals surface area contributed by atoms with Gasteiger partial charge in [0, 0.05) is 104 Å². The highest BCUT2D eigenvalue weighted by Gasteiger charge is 2.29. The van der Waals surface area contributed by atoms with Crippen molar-refractivity contribution in [3.63, 3.8) is 0 Å². The standard InChI is InChI=1S/C84H44N10/c85-44-68-65-41-51(45-86-83(65)90-84(89-68)94-78-54-21-7-5-17-47(54)33-38-57(78)63-42-61-55-22-8-13-27-69(55)92-70-28-14-10-24-59(70)74(80(61)92)82(63)94)50-34-39-72-60(40-50)64-43-62-56-37-32-46-16-4-6-20-53(46)77(56)91(79(62)73-58-23-9-15-29-71(58)93(72)81(64)73)52-35-30-49(31-36-52)76-75(48-18-2-1-3-19-48)87-66-25-11-12-26-67(66)88-76/h1-43,45H. The summed E-state index contributed by atoms with van der Waals surface area (Å²) in [7, 11) is 0. The van der Waals surface area contributed by atoms with Gasteiger partial charge in [-0.2, -0.15) is 10.2 Å². The number of rotatable bonds is 5. The first kappa shape index (κ1) is 49.7. The Morgan fingerprint density at radius 1 is 0.298 bits per heavy atom. The molecule has 9 heterocycles. The summed E-state index contributed by atoms with van der Waals surface area (Å²) in [5.74, 6) is 0.397. The highest BCUT2D eigenvalue weighted by molar-refractivity contribution is 6.37. The molecule has 0 unspecified atom stereocenters. The van der Waals surface area contributed by atoms with E-state index >= 15 is 0 Å². The van der Waals surface area contributed by atoms with E-state index in [0.29, 0.717) is 17.0 Å². The number of pyridine rings is 1. The molecular formula is C84H44N10. The fraction of sp³-hybridized carbons (Fsp3) is 0. The monoisotopic (exact) mass is 1190 g/mol. The summed E-state index contributed by atoms with van der Waals surface area (Å²) in [6.07, 6.45) is 1.91. The lowest BCUT2D eigenvalue weighted by Crippen LogP contribution is -2.05. The maximum absolute atomic E-state index is 11.3. The lowest BCUT2D eigenvalue weighted by atomic mass is 9.99. The van der Waals surface area contributed by atoms with E-state index in [2.05, 4.69) is 248 Å². The molecule has 13 aromatic carbocycles. The third kappa shape index (κ3) is 6.43. The fourth-order valence-corrected chi connectivity index (χ4v) is 16.3. The van der Waals surface area contributed by atoms with Gasteiger partial charge in [0.25, 0.3) is 0 Å². The number of hydrogen-bond acceptors (Lipinski definition) is 6. The van der Waals surface area contributed by atoms with Crippen molar-refractivity contribution in [2.24, 2.45) is 0 Å². The van der Waals surface area contributed by atoms with Crippen LogP contribution in [0, 0.1) is 11.3 Å². The van der Waals surface area contributed by atoms with Gasteiger partial charge in [0.15, 0.2) is 11.3 Å². The molecule has 9 aromatic heterocycles. The Morgan fingerprint density at radius 2 is 0.777 bits per heavy atom. The molecule has 94 heavy (non-hydrogen) atoms. The largest absolute Gasteiger partial charge is 0.308 e. The lowest BCUT2D eigenvalue weighted by Gasteiger charge is -2.13. The summed E-state index contributed by atoms with van der Waals surface area (Å²) < 4.78 is 9.58. The molecule has 0 N–H and O–H groups in total. The molecule has 0 saturated carbocycles. The van der Waals surface area contributed by atoms with E-state index in [0.717, 1.165) is 149 Å². The number of nitrogens with zero attached hydrogens (tertiary/aromatic N) is 10. The van der Waals surface area contributed by atoms with E-state index in [1.807, 2.05) is 42.6 Å². The van der Waals surface area contributed by atoms with Gasteiger partial charge in [-0.3, -0.25) is 4.57 Å². The van der Waals surface area contributed by atoms with E-state index in [1.54, 1.807) is 0 Å². The van der Waals surface area contributed by atoms with Gasteiger partial charge in [0.05, 0.1) is 83.0 Å². The van der Waals surface area contributed by atoms with Gasteiger partial charge in [-0.05, 0) is 89.1 Å². The van der Waals surface area contributed by atoms with Crippen LogP contribution in [-0.2, 0) is 0 Å². The Hall–Kier alpha value is -13.1. The smallest absolute Gasteiger partial charge is 0.238 e. The second kappa shape index (κ2) is 18.1. The van der Waals surface area contributed by atoms with Gasteiger partial charge >= 0.3 is 0 Å². The fourth-order valence-electron chi connectivity index (χ4n) is 16.3. The molecular weight excluding hydrogens is 1150 g/mol. The van der Waals surface area contributed by atoms with Crippen LogP contribution >= 0.6 is 0 Å². The van der Waals surface area contributed by atoms with Crippen LogP contribution in [0.1, 0.15) is 5.69 Å². The number of benzene rings is 13. The van der Waals surface area contributed by atoms with Crippen molar-refractivity contribution < 1.29 is 0 Å². The van der Waals surface area contributed by atoms with Crippen LogP contribution < -0.4 is 0 Å². The molecule has 22 aromatic rings. The number of aromatic nitrogens is 9. The minimum absolute atomic E-state index is 0.255. The Bertz CT molecular complexity index is 7170. The molecule has 0 saturated heterocycles. The van der Waals surface area contributed by atoms with Crippen LogP contribution in [0.2, 0.25) is 0 Å². The molecule has 0 aliphatic heterocycles. The maximum atomic E-state index is 11.3. The van der Waals surface area contributed by atoms with E-state index in [9.17, 15) is 5.26 Å². The Balaban J connectivity index is 0.745. The molecule has 0 aliphatic carbocycles. The van der Waals surface area contributed by atoms with Crippen LogP contribution in [0.25, 0.3) is 209 Å². The van der Waals surface area contributed by atoms with Crippen LogP contribution in [0.4, 0.5) is 0 Å². The molecule has 0 bridgehead atoms. The maximum Gasteiger partial charge on any atom is 0.238 e. The zero-order valence-corrected chi connectivity index (χ0v) is 49.9. The molecule has 0 radical (unpaired) electrons. The molecule has 430 valence electrons. The van der Waals surface area contributed by atoms with Gasteiger partial charge < -0.3 is 13.4 Å². The van der Waals surface area contributed by atoms with E-state index < -0.39 is 0 Å². The third-order valence-electron chi connectivity index (χ3n) is 20.3. The summed E-state index contributed by atoms with van der Waals surface area (Å²) in [5, 5.41) is 30.2. The molecule has 10 nitrogen and oxygen atoms in total. The summed E-state index contributed by atoms with van der Waals surface area (Å²) in [6, 6.07) is 95.9. The summed E-state index contributed by atoms with van der Waals surface area (Å²) in [5.41, 5.74) is 20.1. The second-order valence-electron chi connectivity index (χ2n) is 25.0. The van der Waals surface area contributed by atoms with Crippen LogP contribution in [0.15, 0.2) is 267 Å². The van der Waals surface area contributed by atoms with E-state index in [-0.39, 0.29) is 5.69 Å². The molecule has 0 spiro atoms. The number of para-hydroxylation sites is 5.